The number of carbonyl (C=O) groups is 1. The molecule has 0 saturated carbocycles. The Kier molecular flexibility index (Phi) is 3.53. The van der Waals surface area contributed by atoms with Crippen molar-refractivity contribution in [2.24, 2.45) is 0 Å². The summed E-state index contributed by atoms with van der Waals surface area (Å²) in [6.45, 7) is 9.00. The molecular weight excluding hydrogens is 280 g/mol. The standard InChI is InChI=1S/C14H22O7/c1-7(15)17-10-9(8-6-16-13(2,3)19-8)18-12-11(10)20-14(4,5)21-12/h8-12H,6H2,1-5H3/t8-,9-,10-,11-,12+/m0/s1. The first-order valence-electron chi connectivity index (χ1n) is 7.17. The van der Waals surface area contributed by atoms with Crippen molar-refractivity contribution in [1.29, 1.82) is 0 Å². The summed E-state index contributed by atoms with van der Waals surface area (Å²) >= 11 is 0. The van der Waals surface area contributed by atoms with Gasteiger partial charge >= 0.3 is 5.97 Å². The topological polar surface area (TPSA) is 72.5 Å². The largest absolute Gasteiger partial charge is 0.457 e. The van der Waals surface area contributed by atoms with Crippen LogP contribution in [0.3, 0.4) is 0 Å². The lowest BCUT2D eigenvalue weighted by atomic mass is 10.1. The van der Waals surface area contributed by atoms with Crippen LogP contribution in [0.25, 0.3) is 0 Å². The molecule has 0 unspecified atom stereocenters. The second kappa shape index (κ2) is 4.89. The molecule has 3 aliphatic rings. The zero-order valence-electron chi connectivity index (χ0n) is 13.0. The van der Waals surface area contributed by atoms with Crippen molar-refractivity contribution in [3.63, 3.8) is 0 Å². The van der Waals surface area contributed by atoms with Crippen LogP contribution in [0, 0.1) is 0 Å². The molecule has 3 heterocycles. The van der Waals surface area contributed by atoms with Crippen LogP contribution in [-0.4, -0.2) is 54.9 Å². The molecule has 3 saturated heterocycles. The average molecular weight is 302 g/mol. The molecule has 0 aromatic carbocycles. The molecule has 3 aliphatic heterocycles. The zero-order chi connectivity index (χ0) is 15.4. The molecule has 0 radical (unpaired) electrons. The van der Waals surface area contributed by atoms with Gasteiger partial charge in [-0.25, -0.2) is 0 Å². The van der Waals surface area contributed by atoms with Crippen molar-refractivity contribution in [2.75, 3.05) is 6.61 Å². The van der Waals surface area contributed by atoms with E-state index in [-0.39, 0.29) is 12.1 Å². The fourth-order valence-electron chi connectivity index (χ4n) is 3.01. The SMILES string of the molecule is CC(=O)O[C@@H]1[C@@H]2OC(C)(C)O[C@H]2O[C@H]1[C@@H]1COC(C)(C)O1. The first-order chi connectivity index (χ1) is 9.67. The highest BCUT2D eigenvalue weighted by Gasteiger charge is 2.59. The van der Waals surface area contributed by atoms with Gasteiger partial charge in [0.05, 0.1) is 6.61 Å². The minimum absolute atomic E-state index is 0.328. The molecule has 0 bridgehead atoms. The first-order valence-corrected chi connectivity index (χ1v) is 7.17. The molecule has 0 amide bonds. The van der Waals surface area contributed by atoms with Gasteiger partial charge in [-0.1, -0.05) is 0 Å². The predicted molar refractivity (Wildman–Crippen MR) is 69.2 cm³/mol. The first kappa shape index (κ1) is 15.2. The summed E-state index contributed by atoms with van der Waals surface area (Å²) in [4.78, 5) is 11.4. The predicted octanol–water partition coefficient (Wildman–Crippen LogP) is 0.946. The normalized spacial score (nSPS) is 43.8. The quantitative estimate of drug-likeness (QED) is 0.703. The Morgan fingerprint density at radius 2 is 1.76 bits per heavy atom. The van der Waals surface area contributed by atoms with Gasteiger partial charge in [0.15, 0.2) is 30.1 Å². The van der Waals surface area contributed by atoms with Crippen LogP contribution in [-0.2, 0) is 33.2 Å². The van der Waals surface area contributed by atoms with Crippen LogP contribution in [0.15, 0.2) is 0 Å². The maximum Gasteiger partial charge on any atom is 0.303 e. The van der Waals surface area contributed by atoms with Crippen LogP contribution < -0.4 is 0 Å². The fourth-order valence-corrected chi connectivity index (χ4v) is 3.01. The van der Waals surface area contributed by atoms with E-state index < -0.39 is 36.2 Å². The molecule has 3 fully saturated rings. The van der Waals surface area contributed by atoms with Gasteiger partial charge in [-0.05, 0) is 27.7 Å². The maximum atomic E-state index is 11.4. The number of hydrogen-bond acceptors (Lipinski definition) is 7. The number of hydrogen-bond donors (Lipinski definition) is 0. The summed E-state index contributed by atoms with van der Waals surface area (Å²) in [6, 6.07) is 0. The van der Waals surface area contributed by atoms with Crippen molar-refractivity contribution in [3.05, 3.63) is 0 Å². The van der Waals surface area contributed by atoms with Gasteiger partial charge in [-0.3, -0.25) is 4.79 Å². The van der Waals surface area contributed by atoms with E-state index in [1.807, 2.05) is 13.8 Å². The second-order valence-corrected chi connectivity index (χ2v) is 6.51. The molecule has 0 aromatic heterocycles. The Morgan fingerprint density at radius 1 is 1.05 bits per heavy atom. The molecule has 21 heavy (non-hydrogen) atoms. The number of fused-ring (bicyclic) bond motifs is 1. The lowest BCUT2D eigenvalue weighted by molar-refractivity contribution is -0.235. The Bertz CT molecular complexity index is 433. The third kappa shape index (κ3) is 2.93. The Hall–Kier alpha value is -0.730. The molecule has 0 N–H and O–H groups in total. The van der Waals surface area contributed by atoms with E-state index in [1.165, 1.54) is 6.92 Å². The lowest BCUT2D eigenvalue weighted by Gasteiger charge is -2.28. The van der Waals surface area contributed by atoms with Crippen molar-refractivity contribution < 1.29 is 33.2 Å². The van der Waals surface area contributed by atoms with Crippen LogP contribution >= 0.6 is 0 Å². The highest BCUT2D eigenvalue weighted by atomic mass is 16.8. The summed E-state index contributed by atoms with van der Waals surface area (Å²) in [7, 11) is 0. The van der Waals surface area contributed by atoms with Gasteiger partial charge in [0.2, 0.25) is 0 Å². The van der Waals surface area contributed by atoms with E-state index in [0.717, 1.165) is 0 Å². The highest BCUT2D eigenvalue weighted by molar-refractivity contribution is 5.66. The molecule has 7 nitrogen and oxygen atoms in total. The Morgan fingerprint density at radius 3 is 2.33 bits per heavy atom. The van der Waals surface area contributed by atoms with Crippen molar-refractivity contribution in [3.8, 4) is 0 Å². The van der Waals surface area contributed by atoms with E-state index in [4.69, 9.17) is 28.4 Å². The molecule has 0 spiro atoms. The van der Waals surface area contributed by atoms with Crippen LogP contribution in [0.4, 0.5) is 0 Å². The summed E-state index contributed by atoms with van der Waals surface area (Å²) in [5.41, 5.74) is 0. The third-order valence-corrected chi connectivity index (χ3v) is 3.73. The van der Waals surface area contributed by atoms with E-state index in [1.54, 1.807) is 13.8 Å². The lowest BCUT2D eigenvalue weighted by Crippen LogP contribution is -2.44. The van der Waals surface area contributed by atoms with Gasteiger partial charge in [0, 0.05) is 6.92 Å². The summed E-state index contributed by atoms with van der Waals surface area (Å²) < 4.78 is 34.2. The summed E-state index contributed by atoms with van der Waals surface area (Å²) in [6.07, 6.45) is -2.40. The van der Waals surface area contributed by atoms with Crippen molar-refractivity contribution in [2.45, 2.75) is 76.9 Å². The van der Waals surface area contributed by atoms with Gasteiger partial charge < -0.3 is 28.4 Å². The minimum atomic E-state index is -0.759. The molecular formula is C14H22O7. The highest BCUT2D eigenvalue weighted by Crippen LogP contribution is 2.41. The smallest absolute Gasteiger partial charge is 0.303 e. The molecule has 5 atom stereocenters. The molecule has 0 aliphatic carbocycles. The number of carbonyl (C=O) groups excluding carboxylic acids is 1. The zero-order valence-corrected chi connectivity index (χ0v) is 13.0. The van der Waals surface area contributed by atoms with Crippen molar-refractivity contribution >= 4 is 5.97 Å². The number of rotatable bonds is 2. The van der Waals surface area contributed by atoms with E-state index >= 15 is 0 Å². The molecule has 7 heteroatoms. The summed E-state index contributed by atoms with van der Waals surface area (Å²) in [5, 5.41) is 0. The number of esters is 1. The Balaban J connectivity index is 1.77. The monoisotopic (exact) mass is 302 g/mol. The minimum Gasteiger partial charge on any atom is -0.457 e. The van der Waals surface area contributed by atoms with Gasteiger partial charge in [-0.15, -0.1) is 0 Å². The van der Waals surface area contributed by atoms with E-state index in [2.05, 4.69) is 0 Å². The van der Waals surface area contributed by atoms with Gasteiger partial charge in [-0.2, -0.15) is 0 Å². The van der Waals surface area contributed by atoms with Crippen LogP contribution in [0.2, 0.25) is 0 Å². The fraction of sp³-hybridized carbons (Fsp3) is 0.929. The molecule has 120 valence electrons. The van der Waals surface area contributed by atoms with E-state index in [0.29, 0.717) is 6.61 Å². The van der Waals surface area contributed by atoms with Crippen LogP contribution in [0.5, 0.6) is 0 Å². The maximum absolute atomic E-state index is 11.4. The second-order valence-electron chi connectivity index (χ2n) is 6.51. The van der Waals surface area contributed by atoms with Gasteiger partial charge in [0.1, 0.15) is 12.2 Å². The van der Waals surface area contributed by atoms with Crippen LogP contribution in [0.1, 0.15) is 34.6 Å². The number of ether oxygens (including phenoxy) is 6. The third-order valence-electron chi connectivity index (χ3n) is 3.73. The summed E-state index contributed by atoms with van der Waals surface area (Å²) in [5.74, 6) is -1.82. The molecule has 3 rings (SSSR count). The van der Waals surface area contributed by atoms with E-state index in [9.17, 15) is 4.79 Å². The Labute approximate surface area is 123 Å². The van der Waals surface area contributed by atoms with Gasteiger partial charge in [0.25, 0.3) is 0 Å². The van der Waals surface area contributed by atoms with Crippen molar-refractivity contribution in [1.82, 2.24) is 0 Å². The molecule has 0 aromatic rings. The average Bonchev–Trinajstić information content (AvgIpc) is 2.90.